The molecule has 1 heterocycles. The van der Waals surface area contributed by atoms with Crippen LogP contribution in [-0.4, -0.2) is 6.54 Å². The van der Waals surface area contributed by atoms with Gasteiger partial charge in [-0.15, -0.1) is 11.3 Å². The molecule has 0 radical (unpaired) electrons. The first-order valence-corrected chi connectivity index (χ1v) is 9.28. The van der Waals surface area contributed by atoms with Gasteiger partial charge >= 0.3 is 0 Å². The third-order valence-corrected chi connectivity index (χ3v) is 5.83. The molecule has 2 heteroatoms. The lowest BCUT2D eigenvalue weighted by molar-refractivity contribution is 0.189. The predicted octanol–water partition coefficient (Wildman–Crippen LogP) is 5.56. The first kappa shape index (κ1) is 16.0. The summed E-state index contributed by atoms with van der Waals surface area (Å²) < 4.78 is 0. The molecular weight excluding hydrogens is 262 g/mol. The monoisotopic (exact) mass is 293 g/mol. The second-order valence-electron chi connectivity index (χ2n) is 6.84. The minimum atomic E-state index is 0.591. The first-order valence-electron chi connectivity index (χ1n) is 8.40. The molecule has 20 heavy (non-hydrogen) atoms. The van der Waals surface area contributed by atoms with Gasteiger partial charge in [-0.3, -0.25) is 0 Å². The van der Waals surface area contributed by atoms with E-state index in [1.807, 2.05) is 11.3 Å². The fourth-order valence-electron chi connectivity index (χ4n) is 3.63. The van der Waals surface area contributed by atoms with Crippen LogP contribution in [-0.2, 0) is 0 Å². The van der Waals surface area contributed by atoms with Crippen LogP contribution in [0.2, 0.25) is 0 Å². The predicted molar refractivity (Wildman–Crippen MR) is 90.4 cm³/mol. The summed E-state index contributed by atoms with van der Waals surface area (Å²) in [6, 6.07) is 2.99. The Morgan fingerprint density at radius 2 is 1.85 bits per heavy atom. The lowest BCUT2D eigenvalue weighted by atomic mass is 9.73. The number of hydrogen-bond acceptors (Lipinski definition) is 2. The van der Waals surface area contributed by atoms with Gasteiger partial charge in [0.15, 0.2) is 0 Å². The van der Waals surface area contributed by atoms with Crippen molar-refractivity contribution >= 4 is 11.3 Å². The zero-order valence-electron chi connectivity index (χ0n) is 13.6. The molecule has 1 N–H and O–H groups in total. The summed E-state index contributed by atoms with van der Waals surface area (Å²) in [4.78, 5) is 1.44. The lowest BCUT2D eigenvalue weighted by Gasteiger charge is -2.35. The summed E-state index contributed by atoms with van der Waals surface area (Å²) >= 11 is 1.90. The van der Waals surface area contributed by atoms with Crippen molar-refractivity contribution in [2.45, 2.75) is 65.8 Å². The molecule has 1 saturated carbocycles. The van der Waals surface area contributed by atoms with E-state index in [1.54, 1.807) is 0 Å². The summed E-state index contributed by atoms with van der Waals surface area (Å²) in [5.74, 6) is 2.66. The van der Waals surface area contributed by atoms with Gasteiger partial charge in [0.05, 0.1) is 0 Å². The highest BCUT2D eigenvalue weighted by Gasteiger charge is 2.29. The molecule has 1 aromatic heterocycles. The summed E-state index contributed by atoms with van der Waals surface area (Å²) in [7, 11) is 0. The van der Waals surface area contributed by atoms with Gasteiger partial charge in [-0.1, -0.05) is 20.8 Å². The summed E-state index contributed by atoms with van der Waals surface area (Å²) in [5.41, 5.74) is 1.54. The van der Waals surface area contributed by atoms with Gasteiger partial charge in [-0.25, -0.2) is 0 Å². The van der Waals surface area contributed by atoms with Gasteiger partial charge in [0.1, 0.15) is 0 Å². The minimum Gasteiger partial charge on any atom is -0.310 e. The van der Waals surface area contributed by atoms with Crippen LogP contribution in [0.25, 0.3) is 0 Å². The molecule has 0 saturated heterocycles. The van der Waals surface area contributed by atoms with Gasteiger partial charge < -0.3 is 5.32 Å². The summed E-state index contributed by atoms with van der Waals surface area (Å²) in [6.45, 7) is 10.4. The van der Waals surface area contributed by atoms with Crippen LogP contribution in [0.15, 0.2) is 11.4 Å². The molecule has 1 fully saturated rings. The fraction of sp³-hybridized carbons (Fsp3) is 0.778. The molecule has 1 unspecified atom stereocenters. The van der Waals surface area contributed by atoms with E-state index in [4.69, 9.17) is 0 Å². The van der Waals surface area contributed by atoms with E-state index >= 15 is 0 Å². The second-order valence-corrected chi connectivity index (χ2v) is 7.96. The molecule has 1 aliphatic rings. The van der Waals surface area contributed by atoms with Crippen LogP contribution in [0.1, 0.15) is 69.4 Å². The van der Waals surface area contributed by atoms with Crippen molar-refractivity contribution in [3.8, 4) is 0 Å². The largest absolute Gasteiger partial charge is 0.310 e. The Balaban J connectivity index is 2.01. The maximum atomic E-state index is 3.82. The van der Waals surface area contributed by atoms with Crippen molar-refractivity contribution in [3.05, 3.63) is 21.9 Å². The molecule has 1 atom stereocenters. The average molecular weight is 294 g/mol. The highest BCUT2D eigenvalue weighted by atomic mass is 32.1. The number of aryl methyl sites for hydroxylation is 1. The first-order chi connectivity index (χ1) is 9.61. The number of rotatable bonds is 6. The fourth-order valence-corrected chi connectivity index (χ4v) is 4.37. The average Bonchev–Trinajstić information content (AvgIpc) is 2.86. The quantitative estimate of drug-likeness (QED) is 0.724. The molecule has 2 rings (SSSR count). The number of thiophene rings is 1. The van der Waals surface area contributed by atoms with Crippen LogP contribution in [0.5, 0.6) is 0 Å². The van der Waals surface area contributed by atoms with E-state index in [9.17, 15) is 0 Å². The van der Waals surface area contributed by atoms with Crippen molar-refractivity contribution in [2.24, 2.45) is 17.8 Å². The smallest absolute Gasteiger partial charge is 0.0357 e. The standard InChI is InChI=1S/C18H31NS/c1-5-10-19-18(17-11-14(4)20-12-17)16-8-6-15(7-9-16)13(2)3/h11-13,15-16,18-19H,5-10H2,1-4H3. The van der Waals surface area contributed by atoms with E-state index in [0.717, 1.165) is 24.3 Å². The normalized spacial score (nSPS) is 25.1. The van der Waals surface area contributed by atoms with Crippen LogP contribution in [0, 0.1) is 24.7 Å². The topological polar surface area (TPSA) is 12.0 Å². The molecule has 1 aliphatic carbocycles. The summed E-state index contributed by atoms with van der Waals surface area (Å²) in [6.07, 6.45) is 6.88. The zero-order chi connectivity index (χ0) is 14.5. The maximum absolute atomic E-state index is 3.82. The molecule has 0 spiro atoms. The van der Waals surface area contributed by atoms with Gasteiger partial charge in [-0.05, 0) is 80.3 Å². The van der Waals surface area contributed by atoms with Gasteiger partial charge in [0.25, 0.3) is 0 Å². The third-order valence-electron chi connectivity index (χ3n) is 4.95. The Morgan fingerprint density at radius 1 is 1.20 bits per heavy atom. The zero-order valence-corrected chi connectivity index (χ0v) is 14.4. The summed E-state index contributed by atoms with van der Waals surface area (Å²) in [5, 5.41) is 6.19. The SMILES string of the molecule is CCCNC(c1csc(C)c1)C1CCC(C(C)C)CC1. The number of hydrogen-bond donors (Lipinski definition) is 1. The van der Waals surface area contributed by atoms with Crippen molar-refractivity contribution in [1.82, 2.24) is 5.32 Å². The van der Waals surface area contributed by atoms with E-state index in [0.29, 0.717) is 6.04 Å². The molecule has 0 aromatic carbocycles. The van der Waals surface area contributed by atoms with Gasteiger partial charge in [-0.2, -0.15) is 0 Å². The second kappa shape index (κ2) is 7.61. The maximum Gasteiger partial charge on any atom is 0.0357 e. The van der Waals surface area contributed by atoms with Gasteiger partial charge in [0, 0.05) is 10.9 Å². The van der Waals surface area contributed by atoms with E-state index < -0.39 is 0 Å². The highest BCUT2D eigenvalue weighted by molar-refractivity contribution is 7.10. The molecule has 114 valence electrons. The van der Waals surface area contributed by atoms with E-state index in [-0.39, 0.29) is 0 Å². The molecule has 1 aromatic rings. The van der Waals surface area contributed by atoms with Gasteiger partial charge in [0.2, 0.25) is 0 Å². The van der Waals surface area contributed by atoms with E-state index in [2.05, 4.69) is 44.5 Å². The highest BCUT2D eigenvalue weighted by Crippen LogP contribution is 2.40. The van der Waals surface area contributed by atoms with Crippen molar-refractivity contribution < 1.29 is 0 Å². The Hall–Kier alpha value is -0.340. The van der Waals surface area contributed by atoms with Crippen molar-refractivity contribution in [1.29, 1.82) is 0 Å². The molecule has 0 amide bonds. The van der Waals surface area contributed by atoms with Crippen LogP contribution < -0.4 is 5.32 Å². The third kappa shape index (κ3) is 4.08. The van der Waals surface area contributed by atoms with Crippen molar-refractivity contribution in [3.63, 3.8) is 0 Å². The lowest BCUT2D eigenvalue weighted by Crippen LogP contribution is -2.32. The van der Waals surface area contributed by atoms with Crippen LogP contribution >= 0.6 is 11.3 Å². The molecule has 0 bridgehead atoms. The molecular formula is C18H31NS. The van der Waals surface area contributed by atoms with Crippen molar-refractivity contribution in [2.75, 3.05) is 6.54 Å². The van der Waals surface area contributed by atoms with Crippen LogP contribution in [0.3, 0.4) is 0 Å². The Kier molecular flexibility index (Phi) is 6.10. The molecule has 0 aliphatic heterocycles. The van der Waals surface area contributed by atoms with E-state index in [1.165, 1.54) is 42.5 Å². The minimum absolute atomic E-state index is 0.591. The Morgan fingerprint density at radius 3 is 2.35 bits per heavy atom. The number of nitrogens with one attached hydrogen (secondary N) is 1. The Labute approximate surface area is 129 Å². The molecule has 1 nitrogen and oxygen atoms in total. The Bertz CT molecular complexity index is 388. The van der Waals surface area contributed by atoms with Crippen LogP contribution in [0.4, 0.5) is 0 Å².